The molecule has 7 nitrogen and oxygen atoms in total. The quantitative estimate of drug-likeness (QED) is 0.151. The zero-order valence-electron chi connectivity index (χ0n) is 19.6. The van der Waals surface area contributed by atoms with Crippen LogP contribution in [0.3, 0.4) is 0 Å². The SMILES string of the molecule is CCOc1cc(/C=C2\SC(=O)N(CCOc3ccccc3)C2=O)cc(Br)c1OC(=O)c1cccc(Cl)c1. The fraction of sp³-hybridized carbons (Fsp3) is 0.148. The Balaban J connectivity index is 1.50. The molecule has 0 bridgehead atoms. The molecule has 0 aromatic heterocycles. The van der Waals surface area contributed by atoms with Gasteiger partial charge in [0.2, 0.25) is 0 Å². The Bertz CT molecular complexity index is 1360. The van der Waals surface area contributed by atoms with Gasteiger partial charge in [0.05, 0.1) is 28.1 Å². The molecule has 1 aliphatic heterocycles. The summed E-state index contributed by atoms with van der Waals surface area (Å²) in [6.45, 7) is 2.42. The Morgan fingerprint density at radius 2 is 1.84 bits per heavy atom. The summed E-state index contributed by atoms with van der Waals surface area (Å²) in [4.78, 5) is 39.4. The minimum absolute atomic E-state index is 0.128. The monoisotopic (exact) mass is 601 g/mol. The van der Waals surface area contributed by atoms with Crippen LogP contribution >= 0.6 is 39.3 Å². The summed E-state index contributed by atoms with van der Waals surface area (Å²) < 4.78 is 17.3. The molecule has 0 aliphatic carbocycles. The second-order valence-corrected chi connectivity index (χ2v) is 9.94. The minimum Gasteiger partial charge on any atom is -0.492 e. The van der Waals surface area contributed by atoms with Crippen molar-refractivity contribution < 1.29 is 28.6 Å². The molecule has 3 aromatic carbocycles. The molecule has 37 heavy (non-hydrogen) atoms. The average Bonchev–Trinajstić information content (AvgIpc) is 3.14. The van der Waals surface area contributed by atoms with Gasteiger partial charge in [-0.25, -0.2) is 4.79 Å². The van der Waals surface area contributed by atoms with Gasteiger partial charge in [0.15, 0.2) is 11.5 Å². The van der Waals surface area contributed by atoms with Crippen LogP contribution in [0.2, 0.25) is 5.02 Å². The van der Waals surface area contributed by atoms with Crippen LogP contribution in [0, 0.1) is 0 Å². The number of hydrogen-bond donors (Lipinski definition) is 0. The lowest BCUT2D eigenvalue weighted by atomic mass is 10.1. The Kier molecular flexibility index (Phi) is 8.91. The number of benzene rings is 3. The van der Waals surface area contributed by atoms with Crippen LogP contribution in [0.5, 0.6) is 17.2 Å². The summed E-state index contributed by atoms with van der Waals surface area (Å²) in [6, 6.07) is 18.9. The van der Waals surface area contributed by atoms with Gasteiger partial charge in [0, 0.05) is 5.02 Å². The molecule has 2 amide bonds. The van der Waals surface area contributed by atoms with Gasteiger partial charge in [-0.2, -0.15) is 0 Å². The molecule has 0 unspecified atom stereocenters. The summed E-state index contributed by atoms with van der Waals surface area (Å²) >= 11 is 10.3. The molecule has 0 radical (unpaired) electrons. The number of hydrogen-bond acceptors (Lipinski definition) is 7. The molecule has 0 N–H and O–H groups in total. The Hall–Kier alpha value is -3.27. The first-order valence-electron chi connectivity index (χ1n) is 11.2. The van der Waals surface area contributed by atoms with Crippen LogP contribution in [0.25, 0.3) is 6.08 Å². The van der Waals surface area contributed by atoms with Crippen molar-refractivity contribution in [3.05, 3.63) is 92.3 Å². The van der Waals surface area contributed by atoms with E-state index in [9.17, 15) is 14.4 Å². The van der Waals surface area contributed by atoms with Crippen LogP contribution in [0.1, 0.15) is 22.8 Å². The highest BCUT2D eigenvalue weighted by Gasteiger charge is 2.35. The highest BCUT2D eigenvalue weighted by Crippen LogP contribution is 2.39. The Morgan fingerprint density at radius 3 is 2.57 bits per heavy atom. The fourth-order valence-corrected chi connectivity index (χ4v) is 5.01. The average molecular weight is 603 g/mol. The predicted molar refractivity (Wildman–Crippen MR) is 146 cm³/mol. The van der Waals surface area contributed by atoms with Crippen LogP contribution in [0.15, 0.2) is 76.1 Å². The smallest absolute Gasteiger partial charge is 0.343 e. The zero-order chi connectivity index (χ0) is 26.4. The van der Waals surface area contributed by atoms with Crippen LogP contribution < -0.4 is 14.2 Å². The van der Waals surface area contributed by atoms with Crippen molar-refractivity contribution in [2.24, 2.45) is 0 Å². The van der Waals surface area contributed by atoms with E-state index in [0.717, 1.165) is 16.7 Å². The maximum Gasteiger partial charge on any atom is 0.343 e. The van der Waals surface area contributed by atoms with E-state index in [4.69, 9.17) is 25.8 Å². The number of para-hydroxylation sites is 1. The van der Waals surface area contributed by atoms with Gasteiger partial charge < -0.3 is 14.2 Å². The molecule has 3 aromatic rings. The van der Waals surface area contributed by atoms with Gasteiger partial charge in [-0.1, -0.05) is 35.9 Å². The number of amides is 2. The van der Waals surface area contributed by atoms with E-state index in [1.165, 1.54) is 6.07 Å². The maximum absolute atomic E-state index is 12.9. The second kappa shape index (κ2) is 12.3. The number of thioether (sulfide) groups is 1. The number of halogens is 2. The summed E-state index contributed by atoms with van der Waals surface area (Å²) in [5.41, 5.74) is 0.875. The molecular formula is C27H21BrClNO6S. The van der Waals surface area contributed by atoms with Gasteiger partial charge in [0.25, 0.3) is 11.1 Å². The Labute approximate surface area is 231 Å². The van der Waals surface area contributed by atoms with E-state index < -0.39 is 11.9 Å². The summed E-state index contributed by atoms with van der Waals surface area (Å²) in [6.07, 6.45) is 1.60. The molecular weight excluding hydrogens is 582 g/mol. The van der Waals surface area contributed by atoms with E-state index in [-0.39, 0.29) is 34.6 Å². The number of rotatable bonds is 9. The topological polar surface area (TPSA) is 82.1 Å². The maximum atomic E-state index is 12.9. The number of imide groups is 1. The third-order valence-corrected chi connectivity index (χ3v) is 6.82. The number of carbonyl (C=O) groups excluding carboxylic acids is 3. The van der Waals surface area contributed by atoms with Gasteiger partial charge in [-0.05, 0) is 88.7 Å². The summed E-state index contributed by atoms with van der Waals surface area (Å²) in [5.74, 6) is 0.145. The van der Waals surface area contributed by atoms with E-state index in [2.05, 4.69) is 15.9 Å². The second-order valence-electron chi connectivity index (χ2n) is 7.66. The molecule has 190 valence electrons. The van der Waals surface area contributed by atoms with Crippen molar-refractivity contribution in [2.75, 3.05) is 19.8 Å². The lowest BCUT2D eigenvalue weighted by Crippen LogP contribution is -2.32. The largest absolute Gasteiger partial charge is 0.492 e. The first-order valence-corrected chi connectivity index (χ1v) is 13.2. The molecule has 1 heterocycles. The fourth-order valence-electron chi connectivity index (χ4n) is 3.42. The third-order valence-electron chi connectivity index (χ3n) is 5.08. The summed E-state index contributed by atoms with van der Waals surface area (Å²) in [5, 5.41) is 0.0403. The van der Waals surface area contributed by atoms with E-state index in [1.54, 1.807) is 55.5 Å². The molecule has 0 spiro atoms. The first kappa shape index (κ1) is 26.8. The van der Waals surface area contributed by atoms with Gasteiger partial charge in [-0.15, -0.1) is 0 Å². The highest BCUT2D eigenvalue weighted by molar-refractivity contribution is 9.10. The molecule has 1 saturated heterocycles. The zero-order valence-corrected chi connectivity index (χ0v) is 22.8. The number of esters is 1. The van der Waals surface area contributed by atoms with Gasteiger partial charge >= 0.3 is 5.97 Å². The summed E-state index contributed by atoms with van der Waals surface area (Å²) in [7, 11) is 0. The molecule has 1 aliphatic rings. The van der Waals surface area contributed by atoms with Crippen molar-refractivity contribution in [1.29, 1.82) is 0 Å². The van der Waals surface area contributed by atoms with Crippen molar-refractivity contribution in [2.45, 2.75) is 6.92 Å². The van der Waals surface area contributed by atoms with E-state index >= 15 is 0 Å². The van der Waals surface area contributed by atoms with Crippen molar-refractivity contribution >= 4 is 62.5 Å². The van der Waals surface area contributed by atoms with Gasteiger partial charge in [-0.3, -0.25) is 14.5 Å². The predicted octanol–water partition coefficient (Wildman–Crippen LogP) is 6.84. The van der Waals surface area contributed by atoms with Gasteiger partial charge in [0.1, 0.15) is 12.4 Å². The standard InChI is InChI=1S/C27H21BrClNO6S/c1-2-34-22-14-17(13-21(28)24(22)36-26(32)18-7-6-8-19(29)16-18)15-23-25(31)30(27(33)37-23)11-12-35-20-9-4-3-5-10-20/h3-10,13-16H,2,11-12H2,1H3/b23-15-. The lowest BCUT2D eigenvalue weighted by molar-refractivity contribution is -0.123. The van der Waals surface area contributed by atoms with E-state index in [0.29, 0.717) is 33.2 Å². The van der Waals surface area contributed by atoms with Crippen LogP contribution in [-0.4, -0.2) is 41.8 Å². The molecule has 0 atom stereocenters. The molecule has 4 rings (SSSR count). The molecule has 0 saturated carbocycles. The molecule has 1 fully saturated rings. The van der Waals surface area contributed by atoms with Crippen LogP contribution in [0.4, 0.5) is 4.79 Å². The Morgan fingerprint density at radius 1 is 1.05 bits per heavy atom. The van der Waals surface area contributed by atoms with Crippen molar-refractivity contribution in [1.82, 2.24) is 4.90 Å². The van der Waals surface area contributed by atoms with E-state index in [1.807, 2.05) is 18.2 Å². The number of ether oxygens (including phenoxy) is 3. The molecule has 10 heteroatoms. The minimum atomic E-state index is -0.601. The highest BCUT2D eigenvalue weighted by atomic mass is 79.9. The normalized spacial score (nSPS) is 14.2. The van der Waals surface area contributed by atoms with Crippen LogP contribution in [-0.2, 0) is 4.79 Å². The third kappa shape index (κ3) is 6.74. The van der Waals surface area contributed by atoms with Crippen molar-refractivity contribution in [3.63, 3.8) is 0 Å². The number of carbonyl (C=O) groups is 3. The van der Waals surface area contributed by atoms with Crippen molar-refractivity contribution in [3.8, 4) is 17.2 Å². The first-order chi connectivity index (χ1) is 17.9. The number of nitrogens with zero attached hydrogens (tertiary/aromatic N) is 1. The lowest BCUT2D eigenvalue weighted by Gasteiger charge is -2.14.